The number of rotatable bonds is 3. The van der Waals surface area contributed by atoms with Gasteiger partial charge >= 0.3 is 5.97 Å². The predicted octanol–water partition coefficient (Wildman–Crippen LogP) is 3.71. The molecule has 0 saturated heterocycles. The number of hydrogen-bond acceptors (Lipinski definition) is 4. The average Bonchev–Trinajstić information content (AvgIpc) is 2.97. The summed E-state index contributed by atoms with van der Waals surface area (Å²) in [6.07, 6.45) is 0. The highest BCUT2D eigenvalue weighted by Gasteiger charge is 2.17. The van der Waals surface area contributed by atoms with E-state index >= 15 is 0 Å². The highest BCUT2D eigenvalue weighted by Crippen LogP contribution is 2.27. The Balaban J connectivity index is 2.08. The molecule has 0 aliphatic rings. The molecule has 6 heteroatoms. The van der Waals surface area contributed by atoms with Crippen LogP contribution in [0.3, 0.4) is 0 Å². The van der Waals surface area contributed by atoms with Gasteiger partial charge in [0.15, 0.2) is 0 Å². The van der Waals surface area contributed by atoms with E-state index in [1.807, 2.05) is 24.3 Å². The lowest BCUT2D eigenvalue weighted by Gasteiger charge is -1.99. The minimum absolute atomic E-state index is 0.135. The van der Waals surface area contributed by atoms with Gasteiger partial charge in [0.05, 0.1) is 11.1 Å². The SMILES string of the molecule is O=C(O)c1ccccc1-c1nc(-c2ccccc2I)no1. The lowest BCUT2D eigenvalue weighted by atomic mass is 10.1. The lowest BCUT2D eigenvalue weighted by molar-refractivity contribution is 0.0697. The van der Waals surface area contributed by atoms with Crippen molar-refractivity contribution in [3.8, 4) is 22.8 Å². The molecule has 0 bridgehead atoms. The molecule has 1 N–H and O–H groups in total. The molecule has 0 amide bonds. The quantitative estimate of drug-likeness (QED) is 0.688. The third-order valence-electron chi connectivity index (χ3n) is 2.93. The van der Waals surface area contributed by atoms with Gasteiger partial charge in [-0.15, -0.1) is 0 Å². The van der Waals surface area contributed by atoms with Crippen molar-refractivity contribution in [1.29, 1.82) is 0 Å². The zero-order chi connectivity index (χ0) is 14.8. The van der Waals surface area contributed by atoms with E-state index in [2.05, 4.69) is 32.7 Å². The Kier molecular flexibility index (Phi) is 3.70. The van der Waals surface area contributed by atoms with E-state index in [9.17, 15) is 9.90 Å². The molecule has 21 heavy (non-hydrogen) atoms. The van der Waals surface area contributed by atoms with Crippen LogP contribution in [0.15, 0.2) is 53.1 Å². The normalized spacial score (nSPS) is 10.5. The minimum atomic E-state index is -1.03. The number of carboxylic acid groups (broad SMARTS) is 1. The second-order valence-electron chi connectivity index (χ2n) is 4.25. The highest BCUT2D eigenvalue weighted by atomic mass is 127. The molecular formula is C15H9IN2O3. The van der Waals surface area contributed by atoms with E-state index in [1.165, 1.54) is 6.07 Å². The maximum Gasteiger partial charge on any atom is 0.336 e. The van der Waals surface area contributed by atoms with Gasteiger partial charge in [0, 0.05) is 9.13 Å². The Morgan fingerprint density at radius 2 is 1.71 bits per heavy atom. The van der Waals surface area contributed by atoms with Crippen LogP contribution < -0.4 is 0 Å². The van der Waals surface area contributed by atoms with Crippen molar-refractivity contribution < 1.29 is 14.4 Å². The molecule has 5 nitrogen and oxygen atoms in total. The monoisotopic (exact) mass is 392 g/mol. The van der Waals surface area contributed by atoms with E-state index in [4.69, 9.17) is 4.52 Å². The van der Waals surface area contributed by atoms with Crippen molar-refractivity contribution in [2.75, 3.05) is 0 Å². The number of carbonyl (C=O) groups is 1. The topological polar surface area (TPSA) is 76.2 Å². The molecule has 1 aromatic heterocycles. The molecule has 104 valence electrons. The van der Waals surface area contributed by atoms with Gasteiger partial charge in [0.25, 0.3) is 5.89 Å². The zero-order valence-electron chi connectivity index (χ0n) is 10.7. The van der Waals surface area contributed by atoms with Crippen molar-refractivity contribution in [3.05, 3.63) is 57.7 Å². The summed E-state index contributed by atoms with van der Waals surface area (Å²) in [6.45, 7) is 0. The fourth-order valence-electron chi connectivity index (χ4n) is 1.94. The molecular weight excluding hydrogens is 383 g/mol. The summed E-state index contributed by atoms with van der Waals surface area (Å²) in [5.74, 6) is -0.391. The Morgan fingerprint density at radius 3 is 2.43 bits per heavy atom. The molecule has 3 aromatic rings. The number of hydrogen-bond donors (Lipinski definition) is 1. The summed E-state index contributed by atoms with van der Waals surface area (Å²) in [5.41, 5.74) is 1.39. The number of nitrogens with zero attached hydrogens (tertiary/aromatic N) is 2. The zero-order valence-corrected chi connectivity index (χ0v) is 12.8. The van der Waals surface area contributed by atoms with E-state index in [0.717, 1.165) is 9.13 Å². The summed E-state index contributed by atoms with van der Waals surface area (Å²) in [5, 5.41) is 13.1. The van der Waals surface area contributed by atoms with Crippen LogP contribution in [-0.2, 0) is 0 Å². The molecule has 1 heterocycles. The second kappa shape index (κ2) is 5.65. The van der Waals surface area contributed by atoms with Crippen LogP contribution in [0.2, 0.25) is 0 Å². The van der Waals surface area contributed by atoms with Crippen LogP contribution in [-0.4, -0.2) is 21.2 Å². The van der Waals surface area contributed by atoms with Crippen LogP contribution in [0.25, 0.3) is 22.8 Å². The molecule has 0 aliphatic carbocycles. The van der Waals surface area contributed by atoms with Gasteiger partial charge in [-0.2, -0.15) is 4.98 Å². The number of halogens is 1. The molecule has 0 atom stereocenters. The van der Waals surface area contributed by atoms with Crippen LogP contribution in [0.1, 0.15) is 10.4 Å². The fourth-order valence-corrected chi connectivity index (χ4v) is 2.57. The average molecular weight is 392 g/mol. The van der Waals surface area contributed by atoms with Gasteiger partial charge in [-0.05, 0) is 46.9 Å². The first-order valence-electron chi connectivity index (χ1n) is 6.08. The number of aromatic nitrogens is 2. The third kappa shape index (κ3) is 2.66. The second-order valence-corrected chi connectivity index (χ2v) is 5.42. The van der Waals surface area contributed by atoms with Crippen molar-refractivity contribution in [2.24, 2.45) is 0 Å². The number of benzene rings is 2. The molecule has 2 aromatic carbocycles. The highest BCUT2D eigenvalue weighted by molar-refractivity contribution is 14.1. The van der Waals surface area contributed by atoms with Crippen LogP contribution >= 0.6 is 22.6 Å². The van der Waals surface area contributed by atoms with Crippen LogP contribution in [0.5, 0.6) is 0 Å². The Hall–Kier alpha value is -2.22. The molecule has 0 fully saturated rings. The summed E-state index contributed by atoms with van der Waals surface area (Å²) in [4.78, 5) is 15.5. The standard InChI is InChI=1S/C15H9IN2O3/c16-12-8-4-3-7-11(12)13-17-14(21-18-13)9-5-1-2-6-10(9)15(19)20/h1-8H,(H,19,20). The van der Waals surface area contributed by atoms with Gasteiger partial charge in [0.1, 0.15) is 0 Å². The van der Waals surface area contributed by atoms with E-state index < -0.39 is 5.97 Å². The first kappa shape index (κ1) is 13.7. The molecule has 0 radical (unpaired) electrons. The van der Waals surface area contributed by atoms with E-state index in [1.54, 1.807) is 18.2 Å². The Morgan fingerprint density at radius 1 is 1.05 bits per heavy atom. The maximum absolute atomic E-state index is 11.2. The Bertz CT molecular complexity index is 814. The van der Waals surface area contributed by atoms with Crippen molar-refractivity contribution in [1.82, 2.24) is 10.1 Å². The van der Waals surface area contributed by atoms with Crippen molar-refractivity contribution in [2.45, 2.75) is 0 Å². The van der Waals surface area contributed by atoms with Gasteiger partial charge in [-0.3, -0.25) is 0 Å². The van der Waals surface area contributed by atoms with Gasteiger partial charge in [-0.25, -0.2) is 4.79 Å². The minimum Gasteiger partial charge on any atom is -0.478 e. The Labute approximate surface area is 133 Å². The summed E-state index contributed by atoms with van der Waals surface area (Å²) in [6, 6.07) is 14.2. The number of carboxylic acids is 1. The number of aromatic carboxylic acids is 1. The van der Waals surface area contributed by atoms with Gasteiger partial charge in [0.2, 0.25) is 5.82 Å². The van der Waals surface area contributed by atoms with Crippen molar-refractivity contribution in [3.63, 3.8) is 0 Å². The molecule has 3 rings (SSSR count). The van der Waals surface area contributed by atoms with E-state index in [-0.39, 0.29) is 11.5 Å². The lowest BCUT2D eigenvalue weighted by Crippen LogP contribution is -1.99. The van der Waals surface area contributed by atoms with Crippen LogP contribution in [0, 0.1) is 3.57 Å². The summed E-state index contributed by atoms with van der Waals surface area (Å²) >= 11 is 2.19. The smallest absolute Gasteiger partial charge is 0.336 e. The van der Waals surface area contributed by atoms with Gasteiger partial charge < -0.3 is 9.63 Å². The molecule has 0 saturated carbocycles. The largest absolute Gasteiger partial charge is 0.478 e. The van der Waals surface area contributed by atoms with E-state index in [0.29, 0.717) is 11.4 Å². The predicted molar refractivity (Wildman–Crippen MR) is 84.8 cm³/mol. The maximum atomic E-state index is 11.2. The summed E-state index contributed by atoms with van der Waals surface area (Å²) in [7, 11) is 0. The third-order valence-corrected chi connectivity index (χ3v) is 3.87. The molecule has 0 unspecified atom stereocenters. The van der Waals surface area contributed by atoms with Gasteiger partial charge in [-0.1, -0.05) is 29.4 Å². The first-order valence-corrected chi connectivity index (χ1v) is 7.16. The van der Waals surface area contributed by atoms with Crippen molar-refractivity contribution >= 4 is 28.6 Å². The summed E-state index contributed by atoms with van der Waals surface area (Å²) < 4.78 is 6.22. The molecule has 0 aliphatic heterocycles. The molecule has 0 spiro atoms. The van der Waals surface area contributed by atoms with Crippen LogP contribution in [0.4, 0.5) is 0 Å². The fraction of sp³-hybridized carbons (Fsp3) is 0. The first-order chi connectivity index (χ1) is 10.2.